The third-order valence-electron chi connectivity index (χ3n) is 4.57. The van der Waals surface area contributed by atoms with E-state index in [1.807, 2.05) is 12.1 Å². The molecule has 1 N–H and O–H groups in total. The third-order valence-corrected chi connectivity index (χ3v) is 5.40. The summed E-state index contributed by atoms with van der Waals surface area (Å²) >= 11 is 12.6. The van der Waals surface area contributed by atoms with Gasteiger partial charge in [-0.3, -0.25) is 4.90 Å². The first-order chi connectivity index (χ1) is 9.95. The van der Waals surface area contributed by atoms with Crippen molar-refractivity contribution >= 4 is 23.2 Å². The summed E-state index contributed by atoms with van der Waals surface area (Å²) in [7, 11) is 0. The van der Waals surface area contributed by atoms with E-state index in [9.17, 15) is 0 Å². The molecule has 21 heavy (non-hydrogen) atoms. The minimum Gasteiger partial charge on any atom is -0.310 e. The van der Waals surface area contributed by atoms with Gasteiger partial charge in [-0.25, -0.2) is 0 Å². The van der Waals surface area contributed by atoms with Crippen LogP contribution in [0.1, 0.15) is 51.6 Å². The van der Waals surface area contributed by atoms with Crippen molar-refractivity contribution in [1.82, 2.24) is 10.2 Å². The molecule has 1 fully saturated rings. The van der Waals surface area contributed by atoms with Crippen LogP contribution in [0.4, 0.5) is 0 Å². The van der Waals surface area contributed by atoms with Crippen LogP contribution in [-0.4, -0.2) is 30.1 Å². The van der Waals surface area contributed by atoms with Gasteiger partial charge in [0.2, 0.25) is 0 Å². The zero-order valence-electron chi connectivity index (χ0n) is 13.3. The molecule has 2 nitrogen and oxygen atoms in total. The lowest BCUT2D eigenvalue weighted by molar-refractivity contribution is 0.166. The molecule has 1 aromatic rings. The van der Waals surface area contributed by atoms with Crippen molar-refractivity contribution in [1.29, 1.82) is 0 Å². The summed E-state index contributed by atoms with van der Waals surface area (Å²) in [6, 6.07) is 6.17. The van der Waals surface area contributed by atoms with E-state index in [1.165, 1.54) is 19.4 Å². The first-order valence-electron chi connectivity index (χ1n) is 7.88. The lowest BCUT2D eigenvalue weighted by Gasteiger charge is -2.33. The number of hydrogen-bond donors (Lipinski definition) is 1. The van der Waals surface area contributed by atoms with Gasteiger partial charge in [-0.05, 0) is 57.8 Å². The Balaban J connectivity index is 2.07. The second-order valence-corrected chi connectivity index (χ2v) is 7.23. The highest BCUT2D eigenvalue weighted by atomic mass is 35.5. The molecule has 1 aromatic carbocycles. The molecule has 0 radical (unpaired) electrons. The van der Waals surface area contributed by atoms with Crippen molar-refractivity contribution in [3.63, 3.8) is 0 Å². The van der Waals surface area contributed by atoms with Gasteiger partial charge in [0.1, 0.15) is 0 Å². The number of nitrogens with one attached hydrogen (secondary N) is 1. The summed E-state index contributed by atoms with van der Waals surface area (Å²) in [5.74, 6) is 0. The average Bonchev–Trinajstić information content (AvgIpc) is 2.77. The quantitative estimate of drug-likeness (QED) is 0.798. The molecule has 1 atom stereocenters. The Morgan fingerprint density at radius 1 is 1.33 bits per heavy atom. The van der Waals surface area contributed by atoms with E-state index in [1.54, 1.807) is 0 Å². The van der Waals surface area contributed by atoms with Crippen LogP contribution in [0.2, 0.25) is 10.0 Å². The van der Waals surface area contributed by atoms with Crippen molar-refractivity contribution in [3.05, 3.63) is 33.8 Å². The highest BCUT2D eigenvalue weighted by Gasteiger charge is 2.31. The standard InChI is InChI=1S/C17H26Cl2N2/c1-4-20-15(13-7-5-8-14(18)16(13)19)9-12-21-11-6-10-17(21,2)3/h5,7-8,15,20H,4,6,9-12H2,1-3H3. The third kappa shape index (κ3) is 4.13. The topological polar surface area (TPSA) is 15.3 Å². The number of nitrogens with zero attached hydrogens (tertiary/aromatic N) is 1. The molecule has 4 heteroatoms. The van der Waals surface area contributed by atoms with E-state index < -0.39 is 0 Å². The molecule has 0 bridgehead atoms. The second kappa shape index (κ2) is 7.32. The fourth-order valence-electron chi connectivity index (χ4n) is 3.27. The largest absolute Gasteiger partial charge is 0.310 e. The number of rotatable bonds is 6. The summed E-state index contributed by atoms with van der Waals surface area (Å²) in [4.78, 5) is 2.59. The lowest BCUT2D eigenvalue weighted by Crippen LogP contribution is -2.40. The predicted octanol–water partition coefficient (Wildman–Crippen LogP) is 4.91. The van der Waals surface area contributed by atoms with Crippen molar-refractivity contribution < 1.29 is 0 Å². The van der Waals surface area contributed by atoms with Gasteiger partial charge in [0.15, 0.2) is 0 Å². The van der Waals surface area contributed by atoms with E-state index in [0.717, 1.165) is 25.1 Å². The van der Waals surface area contributed by atoms with Crippen LogP contribution in [0.15, 0.2) is 18.2 Å². The minimum absolute atomic E-state index is 0.262. The molecular formula is C17H26Cl2N2. The average molecular weight is 329 g/mol. The van der Waals surface area contributed by atoms with E-state index in [4.69, 9.17) is 23.2 Å². The monoisotopic (exact) mass is 328 g/mol. The van der Waals surface area contributed by atoms with Gasteiger partial charge >= 0.3 is 0 Å². The van der Waals surface area contributed by atoms with Gasteiger partial charge in [0, 0.05) is 18.1 Å². The van der Waals surface area contributed by atoms with Crippen molar-refractivity contribution in [2.45, 2.75) is 51.6 Å². The summed E-state index contributed by atoms with van der Waals surface area (Å²) in [6.07, 6.45) is 3.64. The molecule has 1 saturated heterocycles. The van der Waals surface area contributed by atoms with Crippen molar-refractivity contribution in [2.75, 3.05) is 19.6 Å². The SMILES string of the molecule is CCNC(CCN1CCCC1(C)C)c1cccc(Cl)c1Cl. The number of likely N-dealkylation sites (tertiary alicyclic amines) is 1. The molecule has 1 heterocycles. The maximum absolute atomic E-state index is 6.39. The van der Waals surface area contributed by atoms with Gasteiger partial charge in [-0.1, -0.05) is 42.3 Å². The highest BCUT2D eigenvalue weighted by Crippen LogP contribution is 2.33. The maximum Gasteiger partial charge on any atom is 0.0640 e. The van der Waals surface area contributed by atoms with Gasteiger partial charge in [-0.2, -0.15) is 0 Å². The molecule has 0 amide bonds. The zero-order chi connectivity index (χ0) is 15.5. The molecule has 0 aromatic heterocycles. The van der Waals surface area contributed by atoms with E-state index in [-0.39, 0.29) is 6.04 Å². The van der Waals surface area contributed by atoms with Crippen molar-refractivity contribution in [2.24, 2.45) is 0 Å². The first kappa shape index (κ1) is 17.1. The summed E-state index contributed by atoms with van der Waals surface area (Å²) < 4.78 is 0. The summed E-state index contributed by atoms with van der Waals surface area (Å²) in [6.45, 7) is 10.0. The van der Waals surface area contributed by atoms with Crippen LogP contribution in [-0.2, 0) is 0 Å². The van der Waals surface area contributed by atoms with Crippen LogP contribution in [0.25, 0.3) is 0 Å². The second-order valence-electron chi connectivity index (χ2n) is 6.45. The fraction of sp³-hybridized carbons (Fsp3) is 0.647. The van der Waals surface area contributed by atoms with Gasteiger partial charge in [-0.15, -0.1) is 0 Å². The highest BCUT2D eigenvalue weighted by molar-refractivity contribution is 6.42. The van der Waals surface area contributed by atoms with Gasteiger partial charge in [0.25, 0.3) is 0 Å². The molecule has 1 aliphatic heterocycles. The Labute approximate surface area is 138 Å². The van der Waals surface area contributed by atoms with Crippen LogP contribution in [0.3, 0.4) is 0 Å². The van der Waals surface area contributed by atoms with Crippen LogP contribution in [0.5, 0.6) is 0 Å². The van der Waals surface area contributed by atoms with Gasteiger partial charge in [0.05, 0.1) is 10.0 Å². The summed E-state index contributed by atoms with van der Waals surface area (Å²) in [5, 5.41) is 4.87. The van der Waals surface area contributed by atoms with E-state index >= 15 is 0 Å². The van der Waals surface area contributed by atoms with Crippen LogP contribution < -0.4 is 5.32 Å². The molecular weight excluding hydrogens is 303 g/mol. The molecule has 0 spiro atoms. The van der Waals surface area contributed by atoms with Crippen LogP contribution in [0, 0.1) is 0 Å². The fourth-order valence-corrected chi connectivity index (χ4v) is 3.71. The predicted molar refractivity (Wildman–Crippen MR) is 92.4 cm³/mol. The van der Waals surface area contributed by atoms with Gasteiger partial charge < -0.3 is 5.32 Å². The van der Waals surface area contributed by atoms with E-state index in [2.05, 4.69) is 37.1 Å². The smallest absolute Gasteiger partial charge is 0.0640 e. The number of halogens is 2. The molecule has 1 aliphatic rings. The number of benzene rings is 1. The molecule has 2 rings (SSSR count). The van der Waals surface area contributed by atoms with Crippen molar-refractivity contribution in [3.8, 4) is 0 Å². The molecule has 0 saturated carbocycles. The number of hydrogen-bond acceptors (Lipinski definition) is 2. The molecule has 1 unspecified atom stereocenters. The Morgan fingerprint density at radius 2 is 2.10 bits per heavy atom. The first-order valence-corrected chi connectivity index (χ1v) is 8.63. The normalized spacial score (nSPS) is 19.9. The molecule has 0 aliphatic carbocycles. The van der Waals surface area contributed by atoms with E-state index in [0.29, 0.717) is 15.6 Å². The summed E-state index contributed by atoms with van der Waals surface area (Å²) in [5.41, 5.74) is 1.44. The Bertz CT molecular complexity index is 474. The maximum atomic E-state index is 6.39. The Kier molecular flexibility index (Phi) is 5.96. The Hall–Kier alpha value is -0.280. The minimum atomic E-state index is 0.262. The zero-order valence-corrected chi connectivity index (χ0v) is 14.8. The Morgan fingerprint density at radius 3 is 2.71 bits per heavy atom. The lowest BCUT2D eigenvalue weighted by atomic mass is 10.00. The molecule has 118 valence electrons. The van der Waals surface area contributed by atoms with Crippen LogP contribution >= 0.6 is 23.2 Å².